The van der Waals surface area contributed by atoms with E-state index in [9.17, 15) is 18.0 Å². The molecule has 0 saturated carbocycles. The van der Waals surface area contributed by atoms with Crippen LogP contribution in [0.5, 0.6) is 5.75 Å². The minimum Gasteiger partial charge on any atom is -0.482 e. The molecule has 9 nitrogen and oxygen atoms in total. The predicted octanol–water partition coefficient (Wildman–Crippen LogP) is 1.45. The van der Waals surface area contributed by atoms with Crippen LogP contribution in [0.25, 0.3) is 0 Å². The fraction of sp³-hybridized carbons (Fsp3) is 0.579. The Bertz CT molecular complexity index is 839. The average molecular weight is 463 g/mol. The van der Waals surface area contributed by atoms with Gasteiger partial charge in [0.05, 0.1) is 29.0 Å². The summed E-state index contributed by atoms with van der Waals surface area (Å²) in [4.78, 5) is 25.8. The lowest BCUT2D eigenvalue weighted by Crippen LogP contribution is -2.42. The second-order valence-corrected chi connectivity index (χ2v) is 8.85. The molecule has 1 aromatic rings. The fourth-order valence-electron chi connectivity index (χ4n) is 2.98. The number of rotatable bonds is 10. The van der Waals surface area contributed by atoms with Crippen molar-refractivity contribution in [1.29, 1.82) is 0 Å². The number of amides is 1. The van der Waals surface area contributed by atoms with Crippen LogP contribution in [-0.4, -0.2) is 71.8 Å². The molecule has 1 N–H and O–H groups in total. The highest BCUT2D eigenvalue weighted by molar-refractivity contribution is 7.89. The van der Waals surface area contributed by atoms with E-state index in [2.05, 4.69) is 4.72 Å². The molecule has 1 heterocycles. The maximum Gasteiger partial charge on any atom is 0.309 e. The Morgan fingerprint density at radius 3 is 2.57 bits per heavy atom. The van der Waals surface area contributed by atoms with Crippen molar-refractivity contribution < 1.29 is 32.2 Å². The van der Waals surface area contributed by atoms with Crippen LogP contribution in [0.2, 0.25) is 5.02 Å². The number of sulfonamides is 1. The van der Waals surface area contributed by atoms with Gasteiger partial charge in [0.15, 0.2) is 6.61 Å². The number of nitrogens with one attached hydrogen (secondary N) is 1. The van der Waals surface area contributed by atoms with Crippen molar-refractivity contribution in [2.45, 2.75) is 24.7 Å². The molecule has 30 heavy (non-hydrogen) atoms. The molecule has 1 fully saturated rings. The van der Waals surface area contributed by atoms with Crippen molar-refractivity contribution in [2.75, 3.05) is 46.6 Å². The summed E-state index contributed by atoms with van der Waals surface area (Å²) in [6.07, 6.45) is 1.10. The van der Waals surface area contributed by atoms with E-state index in [0.29, 0.717) is 32.5 Å². The summed E-state index contributed by atoms with van der Waals surface area (Å²) in [5, 5.41) is 0.0819. The summed E-state index contributed by atoms with van der Waals surface area (Å²) in [5.41, 5.74) is 0. The zero-order valence-corrected chi connectivity index (χ0v) is 18.6. The van der Waals surface area contributed by atoms with E-state index >= 15 is 0 Å². The van der Waals surface area contributed by atoms with Crippen molar-refractivity contribution in [3.05, 3.63) is 23.2 Å². The Balaban J connectivity index is 1.87. The third-order valence-corrected chi connectivity index (χ3v) is 6.38. The van der Waals surface area contributed by atoms with Crippen molar-refractivity contribution in [1.82, 2.24) is 9.62 Å². The summed E-state index contributed by atoms with van der Waals surface area (Å²) in [6, 6.07) is 4.03. The number of esters is 1. The first-order valence-electron chi connectivity index (χ1n) is 9.63. The maximum atomic E-state index is 12.4. The van der Waals surface area contributed by atoms with Gasteiger partial charge in [-0.3, -0.25) is 9.59 Å². The van der Waals surface area contributed by atoms with E-state index in [1.54, 1.807) is 11.8 Å². The zero-order chi connectivity index (χ0) is 22.1. The van der Waals surface area contributed by atoms with Gasteiger partial charge in [-0.15, -0.1) is 0 Å². The van der Waals surface area contributed by atoms with Gasteiger partial charge in [0, 0.05) is 26.7 Å². The number of ether oxygens (including phenoxy) is 3. The molecule has 0 unspecified atom stereocenters. The minimum atomic E-state index is -3.72. The number of benzene rings is 1. The number of hydrogen-bond donors (Lipinski definition) is 1. The second-order valence-electron chi connectivity index (χ2n) is 6.68. The van der Waals surface area contributed by atoms with Gasteiger partial charge < -0.3 is 19.1 Å². The molecule has 0 spiro atoms. The van der Waals surface area contributed by atoms with Crippen LogP contribution < -0.4 is 9.46 Å². The van der Waals surface area contributed by atoms with Crippen molar-refractivity contribution in [3.8, 4) is 5.75 Å². The molecule has 11 heteroatoms. The first-order valence-corrected chi connectivity index (χ1v) is 11.5. The van der Waals surface area contributed by atoms with E-state index < -0.39 is 10.0 Å². The van der Waals surface area contributed by atoms with E-state index in [4.69, 9.17) is 25.8 Å². The summed E-state index contributed by atoms with van der Waals surface area (Å²) < 4.78 is 42.1. The number of piperidine rings is 1. The summed E-state index contributed by atoms with van der Waals surface area (Å²) in [5.74, 6) is -0.427. The highest BCUT2D eigenvalue weighted by Crippen LogP contribution is 2.27. The first-order chi connectivity index (χ1) is 14.3. The Morgan fingerprint density at radius 2 is 1.97 bits per heavy atom. The lowest BCUT2D eigenvalue weighted by atomic mass is 9.97. The molecule has 0 aliphatic carbocycles. The van der Waals surface area contributed by atoms with Gasteiger partial charge in [-0.25, -0.2) is 13.1 Å². The van der Waals surface area contributed by atoms with Crippen molar-refractivity contribution >= 4 is 33.5 Å². The third-order valence-electron chi connectivity index (χ3n) is 4.63. The van der Waals surface area contributed by atoms with Crippen LogP contribution >= 0.6 is 11.6 Å². The van der Waals surface area contributed by atoms with Gasteiger partial charge in [0.25, 0.3) is 5.91 Å². The van der Waals surface area contributed by atoms with Crippen molar-refractivity contribution in [2.24, 2.45) is 5.92 Å². The molecule has 1 aliphatic heterocycles. The molecule has 0 atom stereocenters. The number of halogens is 1. The highest BCUT2D eigenvalue weighted by Gasteiger charge is 2.28. The van der Waals surface area contributed by atoms with Gasteiger partial charge in [-0.1, -0.05) is 11.6 Å². The lowest BCUT2D eigenvalue weighted by Gasteiger charge is -2.30. The van der Waals surface area contributed by atoms with Crippen LogP contribution in [0.4, 0.5) is 0 Å². The highest BCUT2D eigenvalue weighted by atomic mass is 35.5. The number of likely N-dealkylation sites (tertiary alicyclic amines) is 1. The average Bonchev–Trinajstić information content (AvgIpc) is 2.73. The molecule has 1 aliphatic rings. The lowest BCUT2D eigenvalue weighted by molar-refractivity contribution is -0.151. The summed E-state index contributed by atoms with van der Waals surface area (Å²) in [7, 11) is -2.25. The van der Waals surface area contributed by atoms with Gasteiger partial charge in [-0.05, 0) is 38.0 Å². The number of carbonyl (C=O) groups excluding carboxylic acids is 2. The molecule has 1 saturated heterocycles. The molecule has 1 amide bonds. The largest absolute Gasteiger partial charge is 0.482 e. The smallest absolute Gasteiger partial charge is 0.309 e. The van der Waals surface area contributed by atoms with E-state index in [1.165, 1.54) is 25.3 Å². The number of methoxy groups -OCH3 is 1. The molecular weight excluding hydrogens is 436 g/mol. The van der Waals surface area contributed by atoms with Crippen LogP contribution in [-0.2, 0) is 29.1 Å². The van der Waals surface area contributed by atoms with Gasteiger partial charge >= 0.3 is 5.97 Å². The van der Waals surface area contributed by atoms with E-state index in [1.807, 2.05) is 0 Å². The predicted molar refractivity (Wildman–Crippen MR) is 110 cm³/mol. The number of carbonyl (C=O) groups is 2. The van der Waals surface area contributed by atoms with E-state index in [0.717, 1.165) is 0 Å². The monoisotopic (exact) mass is 462 g/mol. The normalized spacial score (nSPS) is 15.1. The number of nitrogens with zero attached hydrogens (tertiary/aromatic N) is 1. The van der Waals surface area contributed by atoms with Gasteiger partial charge in [-0.2, -0.15) is 0 Å². The van der Waals surface area contributed by atoms with Crippen LogP contribution in [0.1, 0.15) is 19.8 Å². The Morgan fingerprint density at radius 1 is 1.27 bits per heavy atom. The molecule has 1 aromatic carbocycles. The Labute approximate surface area is 181 Å². The quantitative estimate of drug-likeness (QED) is 0.413. The Hall–Kier alpha value is -1.88. The van der Waals surface area contributed by atoms with Crippen LogP contribution in [0.15, 0.2) is 23.1 Å². The third kappa shape index (κ3) is 6.83. The number of hydrogen-bond acceptors (Lipinski definition) is 7. The molecule has 2 rings (SSSR count). The van der Waals surface area contributed by atoms with Crippen molar-refractivity contribution in [3.63, 3.8) is 0 Å². The minimum absolute atomic E-state index is 0.0108. The zero-order valence-electron chi connectivity index (χ0n) is 17.1. The summed E-state index contributed by atoms with van der Waals surface area (Å²) in [6.45, 7) is 3.15. The van der Waals surface area contributed by atoms with Crippen LogP contribution in [0, 0.1) is 5.92 Å². The molecule has 0 bridgehead atoms. The maximum absolute atomic E-state index is 12.4. The van der Waals surface area contributed by atoms with Gasteiger partial charge in [0.1, 0.15) is 5.75 Å². The SMILES string of the molecule is CCOC(=O)C1CCN(C(=O)COc2ccc(S(=O)(=O)NCCOC)cc2Cl)CC1. The van der Waals surface area contributed by atoms with Crippen LogP contribution in [0.3, 0.4) is 0 Å². The fourth-order valence-corrected chi connectivity index (χ4v) is 4.32. The molecule has 0 aromatic heterocycles. The molecule has 168 valence electrons. The molecule has 0 radical (unpaired) electrons. The van der Waals surface area contributed by atoms with Gasteiger partial charge in [0.2, 0.25) is 10.0 Å². The molecular formula is C19H27ClN2O7S. The van der Waals surface area contributed by atoms with E-state index in [-0.39, 0.29) is 53.2 Å². The standard InChI is InChI=1S/C19H27ClN2O7S/c1-3-28-19(24)14-6-9-22(10-7-14)18(23)13-29-17-5-4-15(12-16(17)20)30(25,26)21-8-11-27-2/h4-5,12,14,21H,3,6-11,13H2,1-2H3. The summed E-state index contributed by atoms with van der Waals surface area (Å²) >= 11 is 6.13. The topological polar surface area (TPSA) is 111 Å². The second kappa shape index (κ2) is 11.5. The first kappa shape index (κ1) is 24.4. The Kier molecular flexibility index (Phi) is 9.35.